The molecule has 0 aliphatic heterocycles. The first-order valence-corrected chi connectivity index (χ1v) is 3.61. The van der Waals surface area contributed by atoms with Crippen LogP contribution in [0.3, 0.4) is 0 Å². The largest absolute Gasteiger partial charge is 0.464 e. The molecule has 0 atom stereocenters. The van der Waals surface area contributed by atoms with E-state index in [1.54, 1.807) is 6.92 Å². The second kappa shape index (κ2) is 3.49. The van der Waals surface area contributed by atoms with Crippen LogP contribution in [0.1, 0.15) is 16.2 Å². The Labute approximate surface area is 74.5 Å². The Kier molecular flexibility index (Phi) is 2.60. The van der Waals surface area contributed by atoms with Crippen molar-refractivity contribution >= 4 is 17.6 Å². The van der Waals surface area contributed by atoms with Gasteiger partial charge in [0, 0.05) is 0 Å². The predicted octanol–water partition coefficient (Wildman–Crippen LogP) is 1.23. The van der Waals surface area contributed by atoms with Crippen LogP contribution in [0.2, 0.25) is 5.02 Å². The van der Waals surface area contributed by atoms with Gasteiger partial charge >= 0.3 is 5.97 Å². The summed E-state index contributed by atoms with van der Waals surface area (Å²) in [7, 11) is 1.28. The number of aromatic nitrogens is 2. The summed E-state index contributed by atoms with van der Waals surface area (Å²) in [6, 6.07) is 1.43. The molecule has 0 saturated heterocycles. The normalized spacial score (nSPS) is 9.58. The number of aryl methyl sites for hydroxylation is 1. The van der Waals surface area contributed by atoms with Gasteiger partial charge in [-0.3, -0.25) is 0 Å². The molecule has 64 valence electrons. The van der Waals surface area contributed by atoms with Crippen molar-refractivity contribution < 1.29 is 9.53 Å². The van der Waals surface area contributed by atoms with Crippen LogP contribution < -0.4 is 0 Å². The van der Waals surface area contributed by atoms with Gasteiger partial charge in [-0.25, -0.2) is 4.79 Å². The quantitative estimate of drug-likeness (QED) is 0.619. The molecule has 1 heterocycles. The van der Waals surface area contributed by atoms with Crippen LogP contribution in [-0.4, -0.2) is 23.3 Å². The third kappa shape index (κ3) is 1.71. The number of methoxy groups -OCH3 is 1. The number of halogens is 1. The van der Waals surface area contributed by atoms with Gasteiger partial charge in [-0.15, -0.1) is 5.10 Å². The van der Waals surface area contributed by atoms with Gasteiger partial charge in [0.25, 0.3) is 0 Å². The highest BCUT2D eigenvalue weighted by atomic mass is 35.5. The third-order valence-corrected chi connectivity index (χ3v) is 1.69. The Bertz CT molecular complexity index is 314. The number of hydrogen-bond donors (Lipinski definition) is 0. The lowest BCUT2D eigenvalue weighted by Gasteiger charge is -1.98. The fourth-order valence-corrected chi connectivity index (χ4v) is 0.775. The number of esters is 1. The predicted molar refractivity (Wildman–Crippen MR) is 43.1 cm³/mol. The molecular formula is C7H7ClN2O2. The van der Waals surface area contributed by atoms with Crippen LogP contribution in [0.15, 0.2) is 6.07 Å². The summed E-state index contributed by atoms with van der Waals surface area (Å²) >= 11 is 5.70. The number of ether oxygens (including phenoxy) is 1. The number of nitrogens with zero attached hydrogens (tertiary/aromatic N) is 2. The van der Waals surface area contributed by atoms with Crippen molar-refractivity contribution in [3.63, 3.8) is 0 Å². The van der Waals surface area contributed by atoms with Crippen molar-refractivity contribution in [2.75, 3.05) is 7.11 Å². The van der Waals surface area contributed by atoms with E-state index in [0.717, 1.165) is 0 Å². The van der Waals surface area contributed by atoms with E-state index in [4.69, 9.17) is 11.6 Å². The second-order valence-electron chi connectivity index (χ2n) is 2.15. The van der Waals surface area contributed by atoms with Crippen molar-refractivity contribution in [1.29, 1.82) is 0 Å². The van der Waals surface area contributed by atoms with Gasteiger partial charge in [-0.2, -0.15) is 5.10 Å². The van der Waals surface area contributed by atoms with E-state index >= 15 is 0 Å². The molecule has 0 aliphatic rings. The van der Waals surface area contributed by atoms with Crippen LogP contribution in [0, 0.1) is 6.92 Å². The van der Waals surface area contributed by atoms with Crippen LogP contribution in [0.25, 0.3) is 0 Å². The zero-order chi connectivity index (χ0) is 9.14. The zero-order valence-electron chi connectivity index (χ0n) is 6.67. The topological polar surface area (TPSA) is 52.1 Å². The smallest absolute Gasteiger partial charge is 0.358 e. The number of carbonyl (C=O) groups excluding carboxylic acids is 1. The molecule has 0 unspecified atom stereocenters. The molecule has 0 amide bonds. The number of hydrogen-bond acceptors (Lipinski definition) is 4. The Morgan fingerprint density at radius 3 is 2.75 bits per heavy atom. The summed E-state index contributed by atoms with van der Waals surface area (Å²) in [4.78, 5) is 10.9. The molecule has 0 fully saturated rings. The molecule has 5 heteroatoms. The lowest BCUT2D eigenvalue weighted by Crippen LogP contribution is -2.06. The molecule has 0 radical (unpaired) electrons. The highest BCUT2D eigenvalue weighted by Gasteiger charge is 2.09. The van der Waals surface area contributed by atoms with E-state index in [2.05, 4.69) is 14.9 Å². The molecular weight excluding hydrogens is 180 g/mol. The molecule has 0 spiro atoms. The Morgan fingerprint density at radius 2 is 2.25 bits per heavy atom. The molecule has 4 nitrogen and oxygen atoms in total. The molecule has 0 saturated carbocycles. The summed E-state index contributed by atoms with van der Waals surface area (Å²) in [5, 5.41) is 7.67. The van der Waals surface area contributed by atoms with Crippen molar-refractivity contribution in [3.05, 3.63) is 22.5 Å². The van der Waals surface area contributed by atoms with Crippen LogP contribution in [0.4, 0.5) is 0 Å². The van der Waals surface area contributed by atoms with Gasteiger partial charge < -0.3 is 4.74 Å². The summed E-state index contributed by atoms with van der Waals surface area (Å²) in [5.41, 5.74) is 0.706. The maximum Gasteiger partial charge on any atom is 0.358 e. The lowest BCUT2D eigenvalue weighted by molar-refractivity contribution is 0.0592. The average molecular weight is 187 g/mol. The minimum absolute atomic E-state index is 0.119. The summed E-state index contributed by atoms with van der Waals surface area (Å²) < 4.78 is 4.43. The highest BCUT2D eigenvalue weighted by Crippen LogP contribution is 2.12. The molecule has 12 heavy (non-hydrogen) atoms. The number of carbonyl (C=O) groups is 1. The van der Waals surface area contributed by atoms with Crippen LogP contribution >= 0.6 is 11.6 Å². The first-order chi connectivity index (χ1) is 5.65. The SMILES string of the molecule is COC(=O)c1cc(Cl)c(C)nn1. The standard InChI is InChI=1S/C7H7ClN2O2/c1-4-5(8)3-6(10-9-4)7(11)12-2/h3H,1-2H3. The molecule has 0 N–H and O–H groups in total. The van der Waals surface area contributed by atoms with Gasteiger partial charge in [0.2, 0.25) is 0 Å². The van der Waals surface area contributed by atoms with Gasteiger partial charge in [-0.05, 0) is 13.0 Å². The number of rotatable bonds is 1. The van der Waals surface area contributed by atoms with E-state index in [1.807, 2.05) is 0 Å². The van der Waals surface area contributed by atoms with Crippen molar-refractivity contribution in [2.45, 2.75) is 6.92 Å². The summed E-state index contributed by atoms with van der Waals surface area (Å²) in [6.07, 6.45) is 0. The first kappa shape index (κ1) is 8.93. The second-order valence-corrected chi connectivity index (χ2v) is 2.56. The van der Waals surface area contributed by atoms with E-state index in [1.165, 1.54) is 13.2 Å². The van der Waals surface area contributed by atoms with E-state index in [0.29, 0.717) is 10.7 Å². The monoisotopic (exact) mass is 186 g/mol. The maximum atomic E-state index is 10.9. The van der Waals surface area contributed by atoms with Crippen LogP contribution in [0.5, 0.6) is 0 Å². The van der Waals surface area contributed by atoms with Gasteiger partial charge in [-0.1, -0.05) is 11.6 Å². The molecule has 1 aromatic rings. The van der Waals surface area contributed by atoms with Gasteiger partial charge in [0.15, 0.2) is 5.69 Å². The maximum absolute atomic E-state index is 10.9. The van der Waals surface area contributed by atoms with E-state index in [9.17, 15) is 4.79 Å². The van der Waals surface area contributed by atoms with Crippen molar-refractivity contribution in [3.8, 4) is 0 Å². The molecule has 1 aromatic heterocycles. The molecule has 1 rings (SSSR count). The third-order valence-electron chi connectivity index (χ3n) is 1.31. The molecule has 0 aliphatic carbocycles. The van der Waals surface area contributed by atoms with Crippen LogP contribution in [-0.2, 0) is 4.74 Å². The van der Waals surface area contributed by atoms with Gasteiger partial charge in [0.05, 0.1) is 17.8 Å². The summed E-state index contributed by atoms with van der Waals surface area (Å²) in [6.45, 7) is 1.70. The van der Waals surface area contributed by atoms with Gasteiger partial charge in [0.1, 0.15) is 0 Å². The first-order valence-electron chi connectivity index (χ1n) is 3.23. The molecule has 0 aromatic carbocycles. The highest BCUT2D eigenvalue weighted by molar-refractivity contribution is 6.31. The average Bonchev–Trinajstić information content (AvgIpc) is 2.08. The van der Waals surface area contributed by atoms with E-state index in [-0.39, 0.29) is 5.69 Å². The fourth-order valence-electron chi connectivity index (χ4n) is 0.634. The molecule has 0 bridgehead atoms. The van der Waals surface area contributed by atoms with E-state index < -0.39 is 5.97 Å². The van der Waals surface area contributed by atoms with Crippen molar-refractivity contribution in [2.24, 2.45) is 0 Å². The lowest BCUT2D eigenvalue weighted by atomic mass is 10.3. The minimum atomic E-state index is -0.538. The Hall–Kier alpha value is -1.16. The summed E-state index contributed by atoms with van der Waals surface area (Å²) in [5.74, 6) is -0.538. The fraction of sp³-hybridized carbons (Fsp3) is 0.286. The zero-order valence-corrected chi connectivity index (χ0v) is 7.42. The minimum Gasteiger partial charge on any atom is -0.464 e. The Morgan fingerprint density at radius 1 is 1.58 bits per heavy atom. The Balaban J connectivity index is 3.05. The van der Waals surface area contributed by atoms with Crippen molar-refractivity contribution in [1.82, 2.24) is 10.2 Å².